The highest BCUT2D eigenvalue weighted by molar-refractivity contribution is 5.94. The third-order valence-electron chi connectivity index (χ3n) is 4.67. The van der Waals surface area contributed by atoms with Crippen LogP contribution in [-0.2, 0) is 11.2 Å². The minimum Gasteiger partial charge on any atom is -0.339 e. The number of pyridine rings is 1. The molecule has 0 bridgehead atoms. The highest BCUT2D eigenvalue weighted by Gasteiger charge is 2.25. The standard InChI is InChI=1S/C20H23N3O2/c1-15-5-3-4-6-17(15)14-19(24)22-9-11-23(12-10-22)20(25)18-7-8-21-16(2)13-18/h3-8,13H,9-12,14H2,1-2H3. The van der Waals surface area contributed by atoms with Crippen LogP contribution in [0.5, 0.6) is 0 Å². The van der Waals surface area contributed by atoms with E-state index in [0.29, 0.717) is 38.2 Å². The van der Waals surface area contributed by atoms with E-state index < -0.39 is 0 Å². The van der Waals surface area contributed by atoms with Gasteiger partial charge in [0.2, 0.25) is 5.91 Å². The van der Waals surface area contributed by atoms with Gasteiger partial charge in [0, 0.05) is 43.6 Å². The Morgan fingerprint density at radius 1 is 1.00 bits per heavy atom. The molecule has 1 aliphatic rings. The van der Waals surface area contributed by atoms with Gasteiger partial charge in [-0.2, -0.15) is 0 Å². The summed E-state index contributed by atoms with van der Waals surface area (Å²) in [4.78, 5) is 32.9. The molecule has 1 fully saturated rings. The molecule has 25 heavy (non-hydrogen) atoms. The molecule has 1 aromatic carbocycles. The van der Waals surface area contributed by atoms with E-state index in [1.54, 1.807) is 18.3 Å². The van der Waals surface area contributed by atoms with E-state index in [4.69, 9.17) is 0 Å². The summed E-state index contributed by atoms with van der Waals surface area (Å²) >= 11 is 0. The lowest BCUT2D eigenvalue weighted by atomic mass is 10.1. The van der Waals surface area contributed by atoms with E-state index >= 15 is 0 Å². The van der Waals surface area contributed by atoms with Crippen LogP contribution < -0.4 is 0 Å². The molecule has 2 heterocycles. The quantitative estimate of drug-likeness (QED) is 0.863. The molecule has 0 saturated carbocycles. The average molecular weight is 337 g/mol. The zero-order chi connectivity index (χ0) is 17.8. The normalized spacial score (nSPS) is 14.5. The summed E-state index contributed by atoms with van der Waals surface area (Å²) < 4.78 is 0. The van der Waals surface area contributed by atoms with Crippen molar-refractivity contribution in [2.75, 3.05) is 26.2 Å². The summed E-state index contributed by atoms with van der Waals surface area (Å²) in [5.74, 6) is 0.137. The lowest BCUT2D eigenvalue weighted by Gasteiger charge is -2.35. The first-order valence-corrected chi connectivity index (χ1v) is 8.59. The number of aromatic nitrogens is 1. The lowest BCUT2D eigenvalue weighted by Crippen LogP contribution is -2.51. The van der Waals surface area contributed by atoms with Gasteiger partial charge in [-0.15, -0.1) is 0 Å². The largest absolute Gasteiger partial charge is 0.339 e. The molecule has 130 valence electrons. The van der Waals surface area contributed by atoms with Crippen LogP contribution >= 0.6 is 0 Å². The van der Waals surface area contributed by atoms with Crippen LogP contribution in [0.25, 0.3) is 0 Å². The van der Waals surface area contributed by atoms with Gasteiger partial charge >= 0.3 is 0 Å². The van der Waals surface area contributed by atoms with Crippen LogP contribution in [0.3, 0.4) is 0 Å². The Morgan fingerprint density at radius 3 is 2.36 bits per heavy atom. The first-order chi connectivity index (χ1) is 12.0. The smallest absolute Gasteiger partial charge is 0.254 e. The van der Waals surface area contributed by atoms with E-state index in [1.165, 1.54) is 0 Å². The van der Waals surface area contributed by atoms with Gasteiger partial charge in [-0.3, -0.25) is 14.6 Å². The van der Waals surface area contributed by atoms with Gasteiger partial charge in [0.25, 0.3) is 5.91 Å². The van der Waals surface area contributed by atoms with Crippen molar-refractivity contribution in [2.24, 2.45) is 0 Å². The second-order valence-corrected chi connectivity index (χ2v) is 6.46. The molecule has 0 radical (unpaired) electrons. The van der Waals surface area contributed by atoms with Gasteiger partial charge in [-0.1, -0.05) is 24.3 Å². The van der Waals surface area contributed by atoms with E-state index in [1.807, 2.05) is 47.9 Å². The monoisotopic (exact) mass is 337 g/mol. The van der Waals surface area contributed by atoms with E-state index in [2.05, 4.69) is 4.98 Å². The summed E-state index contributed by atoms with van der Waals surface area (Å²) in [6, 6.07) is 11.5. The van der Waals surface area contributed by atoms with Gasteiger partial charge in [-0.25, -0.2) is 0 Å². The average Bonchev–Trinajstić information content (AvgIpc) is 2.63. The predicted octanol–water partition coefficient (Wildman–Crippen LogP) is 2.23. The Morgan fingerprint density at radius 2 is 1.68 bits per heavy atom. The van der Waals surface area contributed by atoms with Crippen LogP contribution in [0.15, 0.2) is 42.6 Å². The Labute approximate surface area is 148 Å². The predicted molar refractivity (Wildman–Crippen MR) is 96.3 cm³/mol. The zero-order valence-corrected chi connectivity index (χ0v) is 14.7. The van der Waals surface area contributed by atoms with Crippen molar-refractivity contribution in [3.8, 4) is 0 Å². The Kier molecular flexibility index (Phi) is 5.12. The van der Waals surface area contributed by atoms with Crippen molar-refractivity contribution >= 4 is 11.8 Å². The summed E-state index contributed by atoms with van der Waals surface area (Å²) in [6.45, 7) is 6.20. The molecule has 0 aliphatic carbocycles. The highest BCUT2D eigenvalue weighted by atomic mass is 16.2. The Balaban J connectivity index is 1.57. The third-order valence-corrected chi connectivity index (χ3v) is 4.67. The van der Waals surface area contributed by atoms with Gasteiger partial charge in [0.05, 0.1) is 6.42 Å². The number of piperazine rings is 1. The fraction of sp³-hybridized carbons (Fsp3) is 0.350. The maximum atomic E-state index is 12.6. The number of carbonyl (C=O) groups is 2. The number of amides is 2. The molecular weight excluding hydrogens is 314 g/mol. The fourth-order valence-corrected chi connectivity index (χ4v) is 3.10. The number of nitrogens with zero attached hydrogens (tertiary/aromatic N) is 3. The van der Waals surface area contributed by atoms with Crippen LogP contribution in [0.2, 0.25) is 0 Å². The topological polar surface area (TPSA) is 53.5 Å². The fourth-order valence-electron chi connectivity index (χ4n) is 3.10. The van der Waals surface area contributed by atoms with Gasteiger partial charge in [0.1, 0.15) is 0 Å². The number of benzene rings is 1. The number of rotatable bonds is 3. The van der Waals surface area contributed by atoms with E-state index in [9.17, 15) is 9.59 Å². The van der Waals surface area contributed by atoms with Crippen molar-refractivity contribution in [3.63, 3.8) is 0 Å². The van der Waals surface area contributed by atoms with Gasteiger partial charge in [-0.05, 0) is 37.1 Å². The SMILES string of the molecule is Cc1cc(C(=O)N2CCN(C(=O)Cc3ccccc3C)CC2)ccn1. The summed E-state index contributed by atoms with van der Waals surface area (Å²) in [5.41, 5.74) is 3.70. The first kappa shape index (κ1) is 17.1. The minimum absolute atomic E-state index is 0.0107. The van der Waals surface area contributed by atoms with Crippen molar-refractivity contribution in [1.29, 1.82) is 0 Å². The molecule has 1 saturated heterocycles. The third kappa shape index (κ3) is 4.05. The molecule has 1 aliphatic heterocycles. The minimum atomic E-state index is 0.0107. The molecule has 2 aromatic rings. The number of hydrogen-bond acceptors (Lipinski definition) is 3. The molecule has 0 spiro atoms. The van der Waals surface area contributed by atoms with Crippen molar-refractivity contribution in [3.05, 3.63) is 65.0 Å². The number of aryl methyl sites for hydroxylation is 2. The number of hydrogen-bond donors (Lipinski definition) is 0. The Hall–Kier alpha value is -2.69. The molecule has 3 rings (SSSR count). The maximum Gasteiger partial charge on any atom is 0.254 e. The molecule has 0 unspecified atom stereocenters. The van der Waals surface area contributed by atoms with Crippen molar-refractivity contribution in [2.45, 2.75) is 20.3 Å². The van der Waals surface area contributed by atoms with Crippen molar-refractivity contribution in [1.82, 2.24) is 14.8 Å². The molecule has 5 heteroatoms. The first-order valence-electron chi connectivity index (χ1n) is 8.59. The van der Waals surface area contributed by atoms with Crippen LogP contribution in [0.4, 0.5) is 0 Å². The van der Waals surface area contributed by atoms with Crippen molar-refractivity contribution < 1.29 is 9.59 Å². The Bertz CT molecular complexity index is 780. The summed E-state index contributed by atoms with van der Waals surface area (Å²) in [5, 5.41) is 0. The van der Waals surface area contributed by atoms with Gasteiger partial charge < -0.3 is 9.80 Å². The van der Waals surface area contributed by atoms with Gasteiger partial charge in [0.15, 0.2) is 0 Å². The molecule has 0 N–H and O–H groups in total. The second-order valence-electron chi connectivity index (χ2n) is 6.46. The zero-order valence-electron chi connectivity index (χ0n) is 14.7. The van der Waals surface area contributed by atoms with E-state index in [-0.39, 0.29) is 11.8 Å². The molecule has 1 aromatic heterocycles. The summed E-state index contributed by atoms with van der Waals surface area (Å²) in [7, 11) is 0. The maximum absolute atomic E-state index is 12.6. The van der Waals surface area contributed by atoms with E-state index in [0.717, 1.165) is 16.8 Å². The molecular formula is C20H23N3O2. The van der Waals surface area contributed by atoms with Crippen LogP contribution in [0.1, 0.15) is 27.2 Å². The second kappa shape index (κ2) is 7.47. The molecule has 2 amide bonds. The number of carbonyl (C=O) groups excluding carboxylic acids is 2. The van der Waals surface area contributed by atoms with Crippen LogP contribution in [0, 0.1) is 13.8 Å². The highest BCUT2D eigenvalue weighted by Crippen LogP contribution is 2.13. The molecule has 5 nitrogen and oxygen atoms in total. The summed E-state index contributed by atoms with van der Waals surface area (Å²) in [6.07, 6.45) is 2.08. The lowest BCUT2D eigenvalue weighted by molar-refractivity contribution is -0.131. The van der Waals surface area contributed by atoms with Crippen LogP contribution in [-0.4, -0.2) is 52.8 Å². The molecule has 0 atom stereocenters.